The molecular weight excluding hydrogens is 335 g/mol. The first-order chi connectivity index (χ1) is 8.97. The van der Waals surface area contributed by atoms with E-state index in [1.165, 1.54) is 0 Å². The summed E-state index contributed by atoms with van der Waals surface area (Å²) in [6.45, 7) is 5.53. The first-order valence-corrected chi connectivity index (χ1v) is 10.1. The molecule has 20 heavy (non-hydrogen) atoms. The fraction of sp³-hybridized carbons (Fsp3) is 1.00. The molecule has 0 aromatic carbocycles. The summed E-state index contributed by atoms with van der Waals surface area (Å²) in [6.07, 6.45) is 1.76. The average Bonchev–Trinajstić information content (AvgIpc) is 2.31. The molecule has 1 atom stereocenters. The highest BCUT2D eigenvalue weighted by atomic mass is 32.3. The van der Waals surface area contributed by atoms with Gasteiger partial charge < -0.3 is 4.52 Å². The van der Waals surface area contributed by atoms with Crippen molar-refractivity contribution in [2.24, 2.45) is 5.41 Å². The Balaban J connectivity index is 5.65. The third kappa shape index (κ3) is 5.14. The summed E-state index contributed by atoms with van der Waals surface area (Å²) in [5.74, 6) is 0. The van der Waals surface area contributed by atoms with E-state index in [9.17, 15) is 24.6 Å². The zero-order chi connectivity index (χ0) is 16.2. The Bertz CT molecular complexity index is 466. The Morgan fingerprint density at radius 1 is 1.00 bits per heavy atom. The van der Waals surface area contributed by atoms with Crippen molar-refractivity contribution in [1.29, 1.82) is 0 Å². The fourth-order valence-corrected chi connectivity index (χ4v) is 6.85. The lowest BCUT2D eigenvalue weighted by Crippen LogP contribution is -2.32. The van der Waals surface area contributed by atoms with Gasteiger partial charge in [0.2, 0.25) is 0 Å². The maximum Gasteiger partial charge on any atom is 0.395 e. The first-order valence-electron chi connectivity index (χ1n) is 5.98. The van der Waals surface area contributed by atoms with Crippen LogP contribution in [0.25, 0.3) is 0 Å². The van der Waals surface area contributed by atoms with Crippen molar-refractivity contribution in [3.63, 3.8) is 0 Å². The molecule has 0 bridgehead atoms. The SMILES string of the molecule is CCC(CC)(CC)CP(OC)N(S(=O)(=O)F)S(=O)(=O)F. The average molecular weight is 355 g/mol. The minimum atomic E-state index is -5.76. The molecule has 0 aromatic heterocycles. The molecule has 0 saturated carbocycles. The van der Waals surface area contributed by atoms with Crippen LogP contribution in [-0.2, 0) is 25.3 Å². The second kappa shape index (κ2) is 7.40. The molecule has 0 aliphatic heterocycles. The van der Waals surface area contributed by atoms with Gasteiger partial charge in [0.25, 0.3) is 0 Å². The molecule has 0 aromatic rings. The van der Waals surface area contributed by atoms with Crippen molar-refractivity contribution < 1.29 is 29.1 Å². The largest absolute Gasteiger partial charge is 0.395 e. The van der Waals surface area contributed by atoms with Gasteiger partial charge in [-0.25, -0.2) is 0 Å². The summed E-state index contributed by atoms with van der Waals surface area (Å²) < 4.78 is 73.8. The molecule has 0 saturated heterocycles. The van der Waals surface area contributed by atoms with Crippen LogP contribution in [-0.4, -0.2) is 33.6 Å². The van der Waals surface area contributed by atoms with Gasteiger partial charge in [-0.15, -0.1) is 0 Å². The van der Waals surface area contributed by atoms with Gasteiger partial charge in [0.15, 0.2) is 0 Å². The minimum Gasteiger partial charge on any atom is -0.345 e. The summed E-state index contributed by atoms with van der Waals surface area (Å²) in [7, 11) is -13.0. The monoisotopic (exact) mass is 355 g/mol. The minimum absolute atomic E-state index is 0.0609. The van der Waals surface area contributed by atoms with Crippen LogP contribution in [0, 0.1) is 5.41 Å². The van der Waals surface area contributed by atoms with E-state index in [-0.39, 0.29) is 6.16 Å². The molecule has 0 fully saturated rings. The molecule has 0 spiro atoms. The van der Waals surface area contributed by atoms with E-state index in [1.54, 1.807) is 0 Å². The zero-order valence-corrected chi connectivity index (χ0v) is 14.4. The predicted molar refractivity (Wildman–Crippen MR) is 74.0 cm³/mol. The highest BCUT2D eigenvalue weighted by Gasteiger charge is 2.45. The fourth-order valence-electron chi connectivity index (χ4n) is 1.89. The number of rotatable bonds is 9. The van der Waals surface area contributed by atoms with Crippen molar-refractivity contribution in [2.75, 3.05) is 13.3 Å². The topological polar surface area (TPSA) is 80.8 Å². The molecule has 0 amide bonds. The molecule has 0 aliphatic carbocycles. The van der Waals surface area contributed by atoms with Crippen LogP contribution in [0.3, 0.4) is 0 Å². The molecule has 0 rings (SSSR count). The quantitative estimate of drug-likeness (QED) is 0.469. The molecule has 1 unspecified atom stereocenters. The molecule has 0 N–H and O–H groups in total. The van der Waals surface area contributed by atoms with Gasteiger partial charge in [-0.1, -0.05) is 47.8 Å². The predicted octanol–water partition coefficient (Wildman–Crippen LogP) is 2.89. The lowest BCUT2D eigenvalue weighted by molar-refractivity contribution is 0.281. The maximum atomic E-state index is 13.1. The lowest BCUT2D eigenvalue weighted by Gasteiger charge is -2.34. The Kier molecular flexibility index (Phi) is 7.44. The molecule has 11 heteroatoms. The van der Waals surface area contributed by atoms with E-state index >= 15 is 0 Å². The maximum absolute atomic E-state index is 13.1. The second-order valence-corrected chi connectivity index (χ2v) is 9.25. The lowest BCUT2D eigenvalue weighted by atomic mass is 9.82. The van der Waals surface area contributed by atoms with Crippen molar-refractivity contribution in [1.82, 2.24) is 3.48 Å². The number of hydrogen-bond acceptors (Lipinski definition) is 5. The van der Waals surface area contributed by atoms with Gasteiger partial charge in [0, 0.05) is 16.8 Å². The highest BCUT2D eigenvalue weighted by Crippen LogP contribution is 2.52. The summed E-state index contributed by atoms with van der Waals surface area (Å²) in [4.78, 5) is 0. The van der Waals surface area contributed by atoms with Crippen LogP contribution in [0.4, 0.5) is 7.77 Å². The normalized spacial score (nSPS) is 15.6. The summed E-state index contributed by atoms with van der Waals surface area (Å²) in [5.41, 5.74) is -0.435. The van der Waals surface area contributed by atoms with Crippen LogP contribution in [0.15, 0.2) is 0 Å². The Labute approximate surface area is 121 Å². The van der Waals surface area contributed by atoms with E-state index in [1.807, 2.05) is 20.8 Å². The van der Waals surface area contributed by atoms with E-state index < -0.39 is 38.0 Å². The zero-order valence-electron chi connectivity index (χ0n) is 11.8. The van der Waals surface area contributed by atoms with Crippen molar-refractivity contribution in [3.8, 4) is 0 Å². The Morgan fingerprint density at radius 2 is 1.35 bits per heavy atom. The number of halogens is 2. The van der Waals surface area contributed by atoms with Gasteiger partial charge >= 0.3 is 20.8 Å². The van der Waals surface area contributed by atoms with Gasteiger partial charge in [0.1, 0.15) is 8.30 Å². The molecular formula is C9H20F2NO5PS2. The van der Waals surface area contributed by atoms with E-state index in [0.717, 1.165) is 7.11 Å². The van der Waals surface area contributed by atoms with Gasteiger partial charge in [-0.05, 0) is 5.41 Å². The van der Waals surface area contributed by atoms with Crippen LogP contribution < -0.4 is 0 Å². The van der Waals surface area contributed by atoms with Crippen LogP contribution in [0.2, 0.25) is 0 Å². The van der Waals surface area contributed by atoms with Gasteiger partial charge in [0.05, 0.1) is 0 Å². The second-order valence-electron chi connectivity index (χ2n) is 4.32. The van der Waals surface area contributed by atoms with Crippen molar-refractivity contribution in [3.05, 3.63) is 0 Å². The van der Waals surface area contributed by atoms with Crippen molar-refractivity contribution in [2.45, 2.75) is 40.0 Å². The van der Waals surface area contributed by atoms with Gasteiger partial charge in [-0.2, -0.15) is 16.8 Å². The van der Waals surface area contributed by atoms with E-state index in [0.29, 0.717) is 19.3 Å². The summed E-state index contributed by atoms with van der Waals surface area (Å²) >= 11 is 0. The molecule has 0 aliphatic rings. The van der Waals surface area contributed by atoms with E-state index in [4.69, 9.17) is 4.52 Å². The standard InChI is InChI=1S/C9H20F2NO5PS2/c1-5-9(6-2,7-3)8-18(17-4)12(19(10,13)14)20(11,15)16/h5-8H2,1-4H3. The first kappa shape index (κ1) is 20.1. The summed E-state index contributed by atoms with van der Waals surface area (Å²) in [5, 5.41) is 0. The van der Waals surface area contributed by atoms with E-state index in [2.05, 4.69) is 0 Å². The molecule has 122 valence electrons. The Hall–Kier alpha value is 0.110. The molecule has 6 nitrogen and oxygen atoms in total. The molecule has 0 radical (unpaired) electrons. The third-order valence-corrected chi connectivity index (χ3v) is 9.29. The van der Waals surface area contributed by atoms with Crippen LogP contribution in [0.5, 0.6) is 0 Å². The van der Waals surface area contributed by atoms with Crippen LogP contribution >= 0.6 is 8.30 Å². The highest BCUT2D eigenvalue weighted by molar-refractivity contribution is 8.05. The number of nitrogens with zero attached hydrogens (tertiary/aromatic N) is 1. The van der Waals surface area contributed by atoms with Gasteiger partial charge in [-0.3, -0.25) is 0 Å². The third-order valence-electron chi connectivity index (χ3n) is 3.49. The smallest absolute Gasteiger partial charge is 0.345 e. The van der Waals surface area contributed by atoms with Crippen LogP contribution in [0.1, 0.15) is 40.0 Å². The molecule has 0 heterocycles. The Morgan fingerprint density at radius 3 is 1.55 bits per heavy atom. The van der Waals surface area contributed by atoms with Crippen molar-refractivity contribution >= 4 is 29.1 Å². The summed E-state index contributed by atoms with van der Waals surface area (Å²) in [6, 6.07) is 0. The number of hydrogen-bond donors (Lipinski definition) is 0.